The number of fused-ring (bicyclic) bond motifs is 1. The van der Waals surface area contributed by atoms with Gasteiger partial charge in [-0.05, 0) is 39.3 Å². The van der Waals surface area contributed by atoms with Crippen molar-refractivity contribution in [2.75, 3.05) is 20.2 Å². The number of aromatic nitrogens is 5. The molecule has 1 aliphatic heterocycles. The van der Waals surface area contributed by atoms with E-state index in [1.165, 1.54) is 12.5 Å². The molecule has 1 saturated heterocycles. The number of hydrogen-bond donors (Lipinski definition) is 0. The van der Waals surface area contributed by atoms with Crippen molar-refractivity contribution in [3.8, 4) is 5.75 Å². The van der Waals surface area contributed by atoms with Crippen LogP contribution in [0.15, 0.2) is 29.3 Å². The minimum Gasteiger partial charge on any atom is -0.496 e. The molecule has 0 bridgehead atoms. The SMILES string of the molecule is COc1c(C(C)n2nc(C)c3cncnc32)cc(Cl)c(C)c1C1CN(C(=O)c2cnoc2C)C1. The zero-order chi connectivity index (χ0) is 24.1. The van der Waals surface area contributed by atoms with E-state index >= 15 is 0 Å². The van der Waals surface area contributed by atoms with Crippen molar-refractivity contribution in [3.05, 3.63) is 63.5 Å². The quantitative estimate of drug-likeness (QED) is 0.421. The van der Waals surface area contributed by atoms with E-state index in [2.05, 4.69) is 15.1 Å². The van der Waals surface area contributed by atoms with Crippen LogP contribution in [-0.2, 0) is 0 Å². The van der Waals surface area contributed by atoms with E-state index in [0.717, 1.165) is 39.2 Å². The number of rotatable bonds is 5. The van der Waals surface area contributed by atoms with Crippen molar-refractivity contribution < 1.29 is 14.1 Å². The number of ether oxygens (including phenoxy) is 1. The Morgan fingerprint density at radius 1 is 1.26 bits per heavy atom. The van der Waals surface area contributed by atoms with E-state index in [-0.39, 0.29) is 17.9 Å². The molecule has 1 atom stereocenters. The van der Waals surface area contributed by atoms with Gasteiger partial charge in [0.25, 0.3) is 5.91 Å². The molecule has 4 heterocycles. The Labute approximate surface area is 201 Å². The standard InChI is InChI=1S/C24H25ClN6O3/c1-12-20(25)6-17(14(3)31-23-18(13(2)29-31)7-26-11-27-23)22(33-5)21(12)16-9-30(10-16)24(32)19-8-28-34-15(19)4/h6-8,11,14,16H,9-10H2,1-5H3. The topological polar surface area (TPSA) is 99.2 Å². The molecule has 0 saturated carbocycles. The number of aryl methyl sites for hydroxylation is 2. The van der Waals surface area contributed by atoms with Gasteiger partial charge in [0.05, 0.1) is 30.4 Å². The highest BCUT2D eigenvalue weighted by molar-refractivity contribution is 6.31. The molecular weight excluding hydrogens is 456 g/mol. The third-order valence-corrected chi connectivity index (χ3v) is 7.08. The van der Waals surface area contributed by atoms with E-state index in [1.807, 2.05) is 31.5 Å². The van der Waals surface area contributed by atoms with Gasteiger partial charge in [-0.3, -0.25) is 4.79 Å². The Bertz CT molecular complexity index is 1410. The number of amides is 1. The van der Waals surface area contributed by atoms with E-state index in [4.69, 9.17) is 26.0 Å². The number of carbonyl (C=O) groups is 1. The summed E-state index contributed by atoms with van der Waals surface area (Å²) in [5.41, 5.74) is 4.99. The average Bonchev–Trinajstić information content (AvgIpc) is 3.38. The molecule has 9 nitrogen and oxygen atoms in total. The number of nitrogens with zero attached hydrogens (tertiary/aromatic N) is 6. The molecule has 1 aliphatic rings. The van der Waals surface area contributed by atoms with Crippen LogP contribution in [-0.4, -0.2) is 55.9 Å². The third kappa shape index (κ3) is 3.42. The summed E-state index contributed by atoms with van der Waals surface area (Å²) in [6, 6.07) is 1.76. The Morgan fingerprint density at radius 2 is 2.03 bits per heavy atom. The molecule has 176 valence electrons. The first-order valence-corrected chi connectivity index (χ1v) is 11.4. The Balaban J connectivity index is 1.51. The van der Waals surface area contributed by atoms with Crippen molar-refractivity contribution in [1.82, 2.24) is 29.8 Å². The summed E-state index contributed by atoms with van der Waals surface area (Å²) in [4.78, 5) is 23.2. The van der Waals surface area contributed by atoms with E-state index in [0.29, 0.717) is 29.4 Å². The van der Waals surface area contributed by atoms with Gasteiger partial charge in [0.1, 0.15) is 23.4 Å². The molecule has 1 unspecified atom stereocenters. The first-order valence-electron chi connectivity index (χ1n) is 11.0. The maximum atomic E-state index is 12.8. The average molecular weight is 481 g/mol. The zero-order valence-electron chi connectivity index (χ0n) is 19.7. The predicted octanol–water partition coefficient (Wildman–Crippen LogP) is 4.25. The zero-order valence-corrected chi connectivity index (χ0v) is 20.4. The van der Waals surface area contributed by atoms with Crippen LogP contribution >= 0.6 is 11.6 Å². The fraction of sp³-hybridized carbons (Fsp3) is 0.375. The molecule has 0 N–H and O–H groups in total. The second kappa shape index (κ2) is 8.39. The first-order chi connectivity index (χ1) is 16.3. The van der Waals surface area contributed by atoms with Crippen LogP contribution in [0, 0.1) is 20.8 Å². The van der Waals surface area contributed by atoms with E-state index in [1.54, 1.807) is 25.1 Å². The van der Waals surface area contributed by atoms with Crippen LogP contribution in [0.1, 0.15) is 57.4 Å². The van der Waals surface area contributed by atoms with Gasteiger partial charge >= 0.3 is 0 Å². The van der Waals surface area contributed by atoms with Crippen LogP contribution in [0.5, 0.6) is 5.75 Å². The van der Waals surface area contributed by atoms with Gasteiger partial charge in [0.2, 0.25) is 0 Å². The Morgan fingerprint density at radius 3 is 2.71 bits per heavy atom. The van der Waals surface area contributed by atoms with Crippen LogP contribution in [0.3, 0.4) is 0 Å². The molecule has 10 heteroatoms. The number of carbonyl (C=O) groups excluding carboxylic acids is 1. The van der Waals surface area contributed by atoms with Crippen molar-refractivity contribution >= 4 is 28.5 Å². The Hall–Kier alpha value is -3.46. The van der Waals surface area contributed by atoms with Gasteiger partial charge in [-0.2, -0.15) is 5.10 Å². The minimum absolute atomic E-state index is 0.0830. The number of benzene rings is 1. The van der Waals surface area contributed by atoms with Gasteiger partial charge in [-0.1, -0.05) is 16.8 Å². The number of hydrogen-bond acceptors (Lipinski definition) is 7. The van der Waals surface area contributed by atoms with Crippen molar-refractivity contribution in [1.29, 1.82) is 0 Å². The fourth-order valence-corrected chi connectivity index (χ4v) is 4.94. The van der Waals surface area contributed by atoms with Gasteiger partial charge in [-0.15, -0.1) is 0 Å². The van der Waals surface area contributed by atoms with Crippen LogP contribution in [0.25, 0.3) is 11.0 Å². The molecule has 1 fully saturated rings. The van der Waals surface area contributed by atoms with Gasteiger partial charge in [0, 0.05) is 41.4 Å². The van der Waals surface area contributed by atoms with Crippen molar-refractivity contribution in [3.63, 3.8) is 0 Å². The van der Waals surface area contributed by atoms with Crippen LogP contribution in [0.2, 0.25) is 5.02 Å². The lowest BCUT2D eigenvalue weighted by Gasteiger charge is -2.41. The summed E-state index contributed by atoms with van der Waals surface area (Å²) < 4.78 is 12.9. The molecule has 5 rings (SSSR count). The number of methoxy groups -OCH3 is 1. The van der Waals surface area contributed by atoms with Crippen LogP contribution in [0.4, 0.5) is 0 Å². The summed E-state index contributed by atoms with van der Waals surface area (Å²) in [5, 5.41) is 10.0. The first kappa shape index (κ1) is 22.3. The second-order valence-electron chi connectivity index (χ2n) is 8.69. The third-order valence-electron chi connectivity index (χ3n) is 6.69. The lowest BCUT2D eigenvalue weighted by atomic mass is 9.85. The predicted molar refractivity (Wildman–Crippen MR) is 126 cm³/mol. The Kier molecular flexibility index (Phi) is 5.51. The molecule has 0 radical (unpaired) electrons. The summed E-state index contributed by atoms with van der Waals surface area (Å²) in [5.74, 6) is 1.30. The summed E-state index contributed by atoms with van der Waals surface area (Å²) in [6.07, 6.45) is 4.76. The lowest BCUT2D eigenvalue weighted by Crippen LogP contribution is -2.48. The second-order valence-corrected chi connectivity index (χ2v) is 9.10. The number of likely N-dealkylation sites (tertiary alicyclic amines) is 1. The normalized spacial score (nSPS) is 14.9. The molecule has 34 heavy (non-hydrogen) atoms. The molecule has 0 aliphatic carbocycles. The van der Waals surface area contributed by atoms with Crippen molar-refractivity contribution in [2.24, 2.45) is 0 Å². The maximum Gasteiger partial charge on any atom is 0.259 e. The summed E-state index contributed by atoms with van der Waals surface area (Å²) in [6.45, 7) is 8.84. The van der Waals surface area contributed by atoms with Gasteiger partial charge in [-0.25, -0.2) is 14.6 Å². The van der Waals surface area contributed by atoms with Gasteiger partial charge in [0.15, 0.2) is 5.65 Å². The van der Waals surface area contributed by atoms with E-state index < -0.39 is 0 Å². The monoisotopic (exact) mass is 480 g/mol. The number of halogens is 1. The lowest BCUT2D eigenvalue weighted by molar-refractivity contribution is 0.0597. The molecule has 3 aromatic heterocycles. The van der Waals surface area contributed by atoms with E-state index in [9.17, 15) is 4.79 Å². The van der Waals surface area contributed by atoms with Crippen molar-refractivity contribution in [2.45, 2.75) is 39.7 Å². The molecule has 1 aromatic carbocycles. The van der Waals surface area contributed by atoms with Gasteiger partial charge < -0.3 is 14.2 Å². The smallest absolute Gasteiger partial charge is 0.259 e. The fourth-order valence-electron chi connectivity index (χ4n) is 4.72. The summed E-state index contributed by atoms with van der Waals surface area (Å²) >= 11 is 6.72. The molecular formula is C24H25ClN6O3. The molecule has 1 amide bonds. The highest BCUT2D eigenvalue weighted by atomic mass is 35.5. The molecule has 4 aromatic rings. The maximum absolute atomic E-state index is 12.8. The largest absolute Gasteiger partial charge is 0.496 e. The van der Waals surface area contributed by atoms with Crippen LogP contribution < -0.4 is 4.74 Å². The molecule has 0 spiro atoms. The highest BCUT2D eigenvalue weighted by Gasteiger charge is 2.37. The minimum atomic E-state index is -0.185. The highest BCUT2D eigenvalue weighted by Crippen LogP contribution is 2.44. The summed E-state index contributed by atoms with van der Waals surface area (Å²) in [7, 11) is 1.67.